The molecule has 0 saturated carbocycles. The minimum Gasteiger partial charge on any atom is -1.00 e. The first-order valence-corrected chi connectivity index (χ1v) is 7.56. The van der Waals surface area contributed by atoms with E-state index in [1.807, 2.05) is 38.4 Å². The summed E-state index contributed by atoms with van der Waals surface area (Å²) in [5.74, 6) is 1.89. The van der Waals surface area contributed by atoms with Crippen LogP contribution in [-0.2, 0) is 0 Å². The lowest BCUT2D eigenvalue weighted by Crippen LogP contribution is -3.05. The van der Waals surface area contributed by atoms with Crippen molar-refractivity contribution in [3.05, 3.63) is 29.8 Å². The van der Waals surface area contributed by atoms with Gasteiger partial charge in [-0.2, -0.15) is 0 Å². The molecule has 0 saturated heterocycles. The molecule has 0 aliphatic heterocycles. The lowest BCUT2D eigenvalue weighted by molar-refractivity contribution is -0.857. The molecule has 0 heterocycles. The van der Waals surface area contributed by atoms with Crippen LogP contribution in [-0.4, -0.2) is 47.8 Å². The number of methoxy groups -OCH3 is 3. The van der Waals surface area contributed by atoms with Gasteiger partial charge in [0.1, 0.15) is 0 Å². The number of halogens is 1. The summed E-state index contributed by atoms with van der Waals surface area (Å²) in [5.41, 5.74) is 0.702. The topological polar surface area (TPSA) is 49.2 Å². The number of hydrogen-bond donors (Lipinski definition) is 1. The molecular weight excluding hydrogens is 330 g/mol. The molecule has 0 aliphatic carbocycles. The van der Waals surface area contributed by atoms with Crippen molar-refractivity contribution in [1.29, 1.82) is 0 Å². The minimum absolute atomic E-state index is 0. The van der Waals surface area contributed by atoms with E-state index < -0.39 is 0 Å². The Hall–Kier alpha value is -1.98. The largest absolute Gasteiger partial charge is 1.00 e. The second-order valence-corrected chi connectivity index (χ2v) is 5.71. The first-order chi connectivity index (χ1) is 11.0. The number of hydrogen-bond acceptors (Lipinski definition) is 4. The van der Waals surface area contributed by atoms with E-state index in [0.717, 1.165) is 17.3 Å². The molecule has 0 spiro atoms. The number of benzene rings is 2. The number of ether oxygens (including phenoxy) is 3. The van der Waals surface area contributed by atoms with Crippen LogP contribution in [0.1, 0.15) is 16.8 Å². The first-order valence-electron chi connectivity index (χ1n) is 7.56. The molecule has 24 heavy (non-hydrogen) atoms. The van der Waals surface area contributed by atoms with Crippen LogP contribution >= 0.6 is 0 Å². The van der Waals surface area contributed by atoms with Gasteiger partial charge in [0, 0.05) is 10.9 Å². The molecule has 0 fully saturated rings. The zero-order valence-electron chi connectivity index (χ0n) is 14.7. The molecule has 6 heteroatoms. The van der Waals surface area contributed by atoms with Crippen molar-refractivity contribution < 1.29 is 36.3 Å². The van der Waals surface area contributed by atoms with Crippen LogP contribution in [0.3, 0.4) is 0 Å². The number of rotatable bonds is 7. The van der Waals surface area contributed by atoms with Crippen LogP contribution in [0.5, 0.6) is 17.2 Å². The van der Waals surface area contributed by atoms with Crippen LogP contribution in [0.4, 0.5) is 0 Å². The number of quaternary nitrogens is 1. The molecule has 0 amide bonds. The van der Waals surface area contributed by atoms with Gasteiger partial charge < -0.3 is 31.5 Å². The second kappa shape index (κ2) is 8.76. The van der Waals surface area contributed by atoms with Crippen LogP contribution in [0.15, 0.2) is 24.3 Å². The minimum atomic E-state index is 0. The van der Waals surface area contributed by atoms with Crippen molar-refractivity contribution in [2.45, 2.75) is 6.42 Å². The van der Waals surface area contributed by atoms with Crippen molar-refractivity contribution in [2.75, 3.05) is 42.0 Å². The van der Waals surface area contributed by atoms with Crippen molar-refractivity contribution in [1.82, 2.24) is 0 Å². The molecule has 2 rings (SSSR count). The van der Waals surface area contributed by atoms with E-state index in [4.69, 9.17) is 14.2 Å². The van der Waals surface area contributed by atoms with Gasteiger partial charge in [-0.05, 0) is 23.6 Å². The van der Waals surface area contributed by atoms with Crippen molar-refractivity contribution in [3.63, 3.8) is 0 Å². The molecule has 132 valence electrons. The Morgan fingerprint density at radius 2 is 1.67 bits per heavy atom. The third-order valence-corrected chi connectivity index (χ3v) is 3.82. The first kappa shape index (κ1) is 20.1. The fourth-order valence-corrected chi connectivity index (χ4v) is 2.56. The van der Waals surface area contributed by atoms with Crippen molar-refractivity contribution >= 4 is 16.6 Å². The smallest absolute Gasteiger partial charge is 0.203 e. The quantitative estimate of drug-likeness (QED) is 0.621. The number of fused-ring (bicyclic) bond motifs is 1. The molecule has 1 N–H and O–H groups in total. The van der Waals surface area contributed by atoms with Gasteiger partial charge in [-0.1, -0.05) is 6.07 Å². The third kappa shape index (κ3) is 4.10. The highest BCUT2D eigenvalue weighted by atomic mass is 35.5. The summed E-state index contributed by atoms with van der Waals surface area (Å²) >= 11 is 0. The molecule has 2 aromatic carbocycles. The fraction of sp³-hybridized carbons (Fsp3) is 0.389. The molecular formula is C18H24ClNO4. The lowest BCUT2D eigenvalue weighted by atomic mass is 10.0. The standard InChI is InChI=1S/C18H23NO4.ClH/c1-19(2)9-8-15(20)12-6-7-14-13(10-12)11-16(21-3)18(23-5)17(14)22-4;/h6-7,10-11H,8-9H2,1-5H3;1H. The summed E-state index contributed by atoms with van der Waals surface area (Å²) < 4.78 is 16.2. The van der Waals surface area contributed by atoms with Crippen LogP contribution in [0.2, 0.25) is 0 Å². The zero-order valence-corrected chi connectivity index (χ0v) is 15.5. The third-order valence-electron chi connectivity index (χ3n) is 3.82. The molecule has 0 unspecified atom stereocenters. The Labute approximate surface area is 148 Å². The molecule has 0 aromatic heterocycles. The summed E-state index contributed by atoms with van der Waals surface area (Å²) in [6.07, 6.45) is 0.526. The van der Waals surface area contributed by atoms with E-state index in [9.17, 15) is 4.79 Å². The molecule has 2 aromatic rings. The summed E-state index contributed by atoms with van der Waals surface area (Å²) in [5, 5.41) is 1.78. The molecule has 0 atom stereocenters. The van der Waals surface area contributed by atoms with Crippen molar-refractivity contribution in [3.8, 4) is 17.2 Å². The van der Waals surface area contributed by atoms with Crippen molar-refractivity contribution in [2.24, 2.45) is 0 Å². The number of nitrogens with one attached hydrogen (secondary N) is 1. The Kier molecular flexibility index (Phi) is 7.32. The maximum absolute atomic E-state index is 12.3. The second-order valence-electron chi connectivity index (χ2n) is 5.71. The number of carbonyl (C=O) groups excluding carboxylic acids is 1. The fourth-order valence-electron chi connectivity index (χ4n) is 2.56. The van der Waals surface area contributed by atoms with E-state index >= 15 is 0 Å². The monoisotopic (exact) mass is 353 g/mol. The van der Waals surface area contributed by atoms with Gasteiger partial charge >= 0.3 is 0 Å². The summed E-state index contributed by atoms with van der Waals surface area (Å²) in [6.45, 7) is 0.812. The average Bonchev–Trinajstić information content (AvgIpc) is 2.56. The Morgan fingerprint density at radius 1 is 1.00 bits per heavy atom. The van der Waals surface area contributed by atoms with E-state index in [0.29, 0.717) is 29.2 Å². The SMILES string of the molecule is COc1cc2cc(C(=O)CC[NH+](C)C)ccc2c(OC)c1OC.[Cl-]. The molecule has 0 bridgehead atoms. The molecule has 0 radical (unpaired) electrons. The Balaban J connectivity index is 0.00000288. The number of carbonyl (C=O) groups is 1. The maximum atomic E-state index is 12.3. The van der Waals surface area contributed by atoms with E-state index in [2.05, 4.69) is 0 Å². The highest BCUT2D eigenvalue weighted by Gasteiger charge is 2.17. The lowest BCUT2D eigenvalue weighted by Gasteiger charge is -2.15. The number of Topliss-reactive ketones (excluding diaryl/α,β-unsaturated/α-hetero) is 1. The molecule has 5 nitrogen and oxygen atoms in total. The van der Waals surface area contributed by atoms with Gasteiger partial charge in [-0.3, -0.25) is 4.79 Å². The van der Waals surface area contributed by atoms with Crippen LogP contribution < -0.4 is 31.5 Å². The number of ketones is 1. The summed E-state index contributed by atoms with van der Waals surface area (Å²) in [6, 6.07) is 7.48. The normalized spacial score (nSPS) is 10.4. The molecule has 0 aliphatic rings. The highest BCUT2D eigenvalue weighted by molar-refractivity contribution is 6.02. The van der Waals surface area contributed by atoms with Gasteiger partial charge in [0.2, 0.25) is 5.75 Å². The predicted octanol–water partition coefficient (Wildman–Crippen LogP) is -1.41. The Bertz CT molecular complexity index is 716. The Morgan fingerprint density at radius 3 is 2.21 bits per heavy atom. The van der Waals surface area contributed by atoms with Gasteiger partial charge in [-0.15, -0.1) is 0 Å². The van der Waals surface area contributed by atoms with E-state index in [1.54, 1.807) is 21.3 Å². The van der Waals surface area contributed by atoms with Crippen LogP contribution in [0.25, 0.3) is 10.8 Å². The van der Waals surface area contributed by atoms with E-state index in [-0.39, 0.29) is 18.2 Å². The van der Waals surface area contributed by atoms with Gasteiger partial charge in [0.05, 0.1) is 48.4 Å². The summed E-state index contributed by atoms with van der Waals surface area (Å²) in [7, 11) is 8.83. The predicted molar refractivity (Wildman–Crippen MR) is 90.2 cm³/mol. The van der Waals surface area contributed by atoms with Gasteiger partial charge in [0.15, 0.2) is 17.3 Å². The maximum Gasteiger partial charge on any atom is 0.203 e. The van der Waals surface area contributed by atoms with Crippen LogP contribution in [0, 0.1) is 0 Å². The van der Waals surface area contributed by atoms with Gasteiger partial charge in [0.25, 0.3) is 0 Å². The average molecular weight is 354 g/mol. The van der Waals surface area contributed by atoms with Gasteiger partial charge in [-0.25, -0.2) is 0 Å². The van der Waals surface area contributed by atoms with E-state index in [1.165, 1.54) is 4.90 Å². The highest BCUT2D eigenvalue weighted by Crippen LogP contribution is 2.43. The summed E-state index contributed by atoms with van der Waals surface area (Å²) in [4.78, 5) is 13.6. The zero-order chi connectivity index (χ0) is 17.0.